The fourth-order valence-corrected chi connectivity index (χ4v) is 4.83. The number of hydrogen-bond acceptors (Lipinski definition) is 4. The molecule has 7 nitrogen and oxygen atoms in total. The molecule has 0 bridgehead atoms. The van der Waals surface area contributed by atoms with Crippen molar-refractivity contribution in [2.75, 3.05) is 23.7 Å². The molecule has 0 fully saturated rings. The summed E-state index contributed by atoms with van der Waals surface area (Å²) in [6.07, 6.45) is 2.35. The maximum absolute atomic E-state index is 13.3. The molecule has 0 spiro atoms. The fourth-order valence-electron chi connectivity index (χ4n) is 3.67. The Balaban J connectivity index is 2.18. The van der Waals surface area contributed by atoms with Crippen molar-refractivity contribution in [1.29, 1.82) is 0 Å². The Kier molecular flexibility index (Phi) is 10.6. The maximum atomic E-state index is 13.3. The molecule has 35 heavy (non-hydrogen) atoms. The summed E-state index contributed by atoms with van der Waals surface area (Å²) in [5, 5.41) is 3.36. The molecule has 1 N–H and O–H groups in total. The van der Waals surface area contributed by atoms with E-state index in [0.717, 1.165) is 29.4 Å². The molecule has 1 atom stereocenters. The predicted octanol–water partition coefficient (Wildman–Crippen LogP) is 4.45. The first-order chi connectivity index (χ1) is 16.5. The molecular formula is C26H36ClN3O4S. The van der Waals surface area contributed by atoms with Crippen LogP contribution in [0.3, 0.4) is 0 Å². The highest BCUT2D eigenvalue weighted by Gasteiger charge is 2.27. The number of sulfonamides is 1. The van der Waals surface area contributed by atoms with Gasteiger partial charge in [0.1, 0.15) is 6.04 Å². The molecule has 0 radical (unpaired) electrons. The molecule has 0 saturated heterocycles. The van der Waals surface area contributed by atoms with Gasteiger partial charge in [-0.05, 0) is 68.5 Å². The number of amides is 2. The number of carbonyl (C=O) groups is 2. The molecule has 2 aromatic rings. The topological polar surface area (TPSA) is 86.8 Å². The molecular weight excluding hydrogens is 486 g/mol. The van der Waals surface area contributed by atoms with Crippen molar-refractivity contribution in [2.45, 2.75) is 59.5 Å². The van der Waals surface area contributed by atoms with E-state index in [9.17, 15) is 18.0 Å². The van der Waals surface area contributed by atoms with E-state index in [-0.39, 0.29) is 31.3 Å². The molecule has 0 aliphatic carbocycles. The van der Waals surface area contributed by atoms with Gasteiger partial charge in [0.05, 0.1) is 11.9 Å². The van der Waals surface area contributed by atoms with E-state index in [0.29, 0.717) is 23.7 Å². The van der Waals surface area contributed by atoms with Gasteiger partial charge in [0.2, 0.25) is 21.8 Å². The van der Waals surface area contributed by atoms with Gasteiger partial charge in [-0.15, -0.1) is 0 Å². The summed E-state index contributed by atoms with van der Waals surface area (Å²) in [6.45, 7) is 8.42. The number of anilines is 1. The van der Waals surface area contributed by atoms with Crippen molar-refractivity contribution in [3.05, 3.63) is 64.2 Å². The lowest BCUT2D eigenvalue weighted by molar-refractivity contribution is -0.140. The Morgan fingerprint density at radius 3 is 2.37 bits per heavy atom. The SMILES string of the molecule is CCCNC(=O)C(C)N(Cc1ccccc1Cl)C(=O)CCCN(c1ccc(C)c(C)c1)S(C)(=O)=O. The molecule has 1 unspecified atom stereocenters. The Morgan fingerprint density at radius 1 is 1.09 bits per heavy atom. The summed E-state index contributed by atoms with van der Waals surface area (Å²) >= 11 is 6.32. The van der Waals surface area contributed by atoms with Crippen LogP contribution in [0, 0.1) is 13.8 Å². The van der Waals surface area contributed by atoms with Crippen molar-refractivity contribution in [3.8, 4) is 0 Å². The third-order valence-corrected chi connectivity index (χ3v) is 7.51. The maximum Gasteiger partial charge on any atom is 0.242 e. The second-order valence-corrected chi connectivity index (χ2v) is 11.1. The third-order valence-electron chi connectivity index (χ3n) is 5.95. The number of benzene rings is 2. The second-order valence-electron chi connectivity index (χ2n) is 8.79. The van der Waals surface area contributed by atoms with E-state index in [1.807, 2.05) is 51.1 Å². The van der Waals surface area contributed by atoms with E-state index < -0.39 is 16.1 Å². The standard InChI is InChI=1S/C26H36ClN3O4S/c1-6-15-28-26(32)21(4)29(18-22-10-7-8-11-24(22)27)25(31)12-9-16-30(35(5,33)34)23-14-13-19(2)20(3)17-23/h7-8,10-11,13-14,17,21H,6,9,12,15-16,18H2,1-5H3,(H,28,32). The number of aryl methyl sites for hydroxylation is 2. The Morgan fingerprint density at radius 2 is 1.77 bits per heavy atom. The first-order valence-corrected chi connectivity index (χ1v) is 14.0. The van der Waals surface area contributed by atoms with Crippen molar-refractivity contribution >= 4 is 39.1 Å². The zero-order valence-electron chi connectivity index (χ0n) is 21.2. The van der Waals surface area contributed by atoms with Crippen molar-refractivity contribution in [1.82, 2.24) is 10.2 Å². The van der Waals surface area contributed by atoms with Crippen molar-refractivity contribution in [2.24, 2.45) is 0 Å². The summed E-state index contributed by atoms with van der Waals surface area (Å²) < 4.78 is 26.3. The minimum Gasteiger partial charge on any atom is -0.354 e. The van der Waals surface area contributed by atoms with E-state index >= 15 is 0 Å². The van der Waals surface area contributed by atoms with Gasteiger partial charge in [0, 0.05) is 31.1 Å². The molecule has 0 aliphatic rings. The fraction of sp³-hybridized carbons (Fsp3) is 0.462. The van der Waals surface area contributed by atoms with Crippen molar-refractivity contribution < 1.29 is 18.0 Å². The highest BCUT2D eigenvalue weighted by atomic mass is 35.5. The van der Waals surface area contributed by atoms with Gasteiger partial charge < -0.3 is 10.2 Å². The molecule has 0 heterocycles. The largest absolute Gasteiger partial charge is 0.354 e. The number of halogens is 1. The third kappa shape index (κ3) is 8.25. The van der Waals surface area contributed by atoms with Gasteiger partial charge in [-0.1, -0.05) is 42.8 Å². The first-order valence-electron chi connectivity index (χ1n) is 11.8. The number of nitrogens with one attached hydrogen (secondary N) is 1. The number of nitrogens with zero attached hydrogens (tertiary/aromatic N) is 2. The van der Waals surface area contributed by atoms with Gasteiger partial charge in [0.25, 0.3) is 0 Å². The summed E-state index contributed by atoms with van der Waals surface area (Å²) in [7, 11) is -3.53. The highest BCUT2D eigenvalue weighted by Crippen LogP contribution is 2.23. The van der Waals surface area contributed by atoms with Crippen LogP contribution in [-0.2, 0) is 26.2 Å². The minimum atomic E-state index is -3.53. The van der Waals surface area contributed by atoms with E-state index in [4.69, 9.17) is 11.6 Å². The number of hydrogen-bond donors (Lipinski definition) is 1. The van der Waals surface area contributed by atoms with Gasteiger partial charge >= 0.3 is 0 Å². The van der Waals surface area contributed by atoms with Crippen LogP contribution in [-0.4, -0.2) is 50.5 Å². The van der Waals surface area contributed by atoms with E-state index in [1.54, 1.807) is 19.1 Å². The van der Waals surface area contributed by atoms with Crippen LogP contribution in [0.15, 0.2) is 42.5 Å². The predicted molar refractivity (Wildman–Crippen MR) is 142 cm³/mol. The van der Waals surface area contributed by atoms with Gasteiger partial charge in [-0.25, -0.2) is 8.42 Å². The minimum absolute atomic E-state index is 0.0900. The van der Waals surface area contributed by atoms with Crippen molar-refractivity contribution in [3.63, 3.8) is 0 Å². The normalized spacial score (nSPS) is 12.2. The average Bonchev–Trinajstić information content (AvgIpc) is 2.80. The second kappa shape index (κ2) is 12.9. The Labute approximate surface area is 214 Å². The first kappa shape index (κ1) is 28.7. The molecule has 0 aromatic heterocycles. The van der Waals surface area contributed by atoms with Gasteiger partial charge in [-0.3, -0.25) is 13.9 Å². The highest BCUT2D eigenvalue weighted by molar-refractivity contribution is 7.92. The summed E-state index contributed by atoms with van der Waals surface area (Å²) in [5.74, 6) is -0.474. The van der Waals surface area contributed by atoms with Gasteiger partial charge in [-0.2, -0.15) is 0 Å². The molecule has 2 aromatic carbocycles. The van der Waals surface area contributed by atoms with E-state index in [1.165, 1.54) is 9.21 Å². The molecule has 0 aliphatic heterocycles. The summed E-state index contributed by atoms with van der Waals surface area (Å²) in [6, 6.07) is 12.0. The van der Waals surface area contributed by atoms with Crippen LogP contribution < -0.4 is 9.62 Å². The van der Waals surface area contributed by atoms with Crippen LogP contribution in [0.5, 0.6) is 0 Å². The number of rotatable bonds is 12. The van der Waals surface area contributed by atoms with Gasteiger partial charge in [0.15, 0.2) is 0 Å². The molecule has 192 valence electrons. The monoisotopic (exact) mass is 521 g/mol. The molecule has 2 rings (SSSR count). The van der Waals surface area contributed by atoms with Crippen LogP contribution in [0.25, 0.3) is 0 Å². The van der Waals surface area contributed by atoms with E-state index in [2.05, 4.69) is 5.32 Å². The average molecular weight is 522 g/mol. The summed E-state index contributed by atoms with van der Waals surface area (Å²) in [5.41, 5.74) is 3.38. The Hall–Kier alpha value is -2.58. The van der Waals surface area contributed by atoms with Crippen LogP contribution in [0.4, 0.5) is 5.69 Å². The zero-order valence-corrected chi connectivity index (χ0v) is 22.7. The van der Waals surface area contributed by atoms with Crippen LogP contribution in [0.2, 0.25) is 5.02 Å². The quantitative estimate of drug-likeness (QED) is 0.447. The smallest absolute Gasteiger partial charge is 0.242 e. The lowest BCUT2D eigenvalue weighted by Crippen LogP contribution is -2.48. The zero-order chi connectivity index (χ0) is 26.2. The lowest BCUT2D eigenvalue weighted by Gasteiger charge is -2.29. The lowest BCUT2D eigenvalue weighted by atomic mass is 10.1. The van der Waals surface area contributed by atoms with Crippen LogP contribution >= 0.6 is 11.6 Å². The van der Waals surface area contributed by atoms with Crippen LogP contribution in [0.1, 0.15) is 49.8 Å². The molecule has 0 saturated carbocycles. The molecule has 2 amide bonds. The summed E-state index contributed by atoms with van der Waals surface area (Å²) in [4.78, 5) is 27.4. The molecule has 9 heteroatoms. The number of carbonyl (C=O) groups excluding carboxylic acids is 2. The Bertz CT molecular complexity index is 1140.